The van der Waals surface area contributed by atoms with Gasteiger partial charge in [0.15, 0.2) is 0 Å². The highest BCUT2D eigenvalue weighted by atomic mass is 35.5. The molecule has 2 aromatic heterocycles. The number of aromatic nitrogens is 3. The standard InChI is InChI=1S/C14H10Cl2N4O/c1-8-12-3-2-4-13(20(12)19-18-8)14(21)17-11-6-5-9(15)7-10(11)16/h2-7H,1H3,(H,17,21). The fraction of sp³-hybridized carbons (Fsp3) is 0.0714. The molecule has 0 saturated heterocycles. The zero-order valence-electron chi connectivity index (χ0n) is 11.0. The van der Waals surface area contributed by atoms with Crippen molar-refractivity contribution in [3.63, 3.8) is 0 Å². The van der Waals surface area contributed by atoms with Crippen LogP contribution < -0.4 is 5.32 Å². The van der Waals surface area contributed by atoms with Crippen molar-refractivity contribution in [3.8, 4) is 0 Å². The zero-order valence-corrected chi connectivity index (χ0v) is 12.5. The Morgan fingerprint density at radius 2 is 2.05 bits per heavy atom. The lowest BCUT2D eigenvalue weighted by molar-refractivity contribution is 0.102. The molecule has 106 valence electrons. The first kappa shape index (κ1) is 13.9. The third-order valence-corrected chi connectivity index (χ3v) is 3.58. The number of rotatable bonds is 2. The monoisotopic (exact) mass is 320 g/mol. The lowest BCUT2D eigenvalue weighted by Crippen LogP contribution is -2.16. The highest BCUT2D eigenvalue weighted by Gasteiger charge is 2.14. The molecule has 3 rings (SSSR count). The fourth-order valence-electron chi connectivity index (χ4n) is 1.98. The van der Waals surface area contributed by atoms with Crippen molar-refractivity contribution >= 4 is 40.3 Å². The molecule has 0 unspecified atom stereocenters. The van der Waals surface area contributed by atoms with Crippen molar-refractivity contribution in [2.45, 2.75) is 6.92 Å². The van der Waals surface area contributed by atoms with Gasteiger partial charge in [0.25, 0.3) is 5.91 Å². The van der Waals surface area contributed by atoms with Gasteiger partial charge in [-0.2, -0.15) is 0 Å². The Bertz CT molecular complexity index is 844. The molecule has 0 aliphatic heterocycles. The van der Waals surface area contributed by atoms with E-state index in [0.717, 1.165) is 11.2 Å². The van der Waals surface area contributed by atoms with Gasteiger partial charge in [0, 0.05) is 5.02 Å². The van der Waals surface area contributed by atoms with Crippen molar-refractivity contribution in [1.29, 1.82) is 0 Å². The van der Waals surface area contributed by atoms with Crippen LogP contribution in [0.15, 0.2) is 36.4 Å². The summed E-state index contributed by atoms with van der Waals surface area (Å²) in [6.45, 7) is 1.83. The first-order chi connectivity index (χ1) is 10.1. The maximum absolute atomic E-state index is 12.4. The maximum atomic E-state index is 12.4. The molecule has 0 radical (unpaired) electrons. The molecule has 0 spiro atoms. The Labute approximate surface area is 130 Å². The van der Waals surface area contributed by atoms with Crippen LogP contribution in [-0.4, -0.2) is 20.7 Å². The van der Waals surface area contributed by atoms with Crippen LogP contribution in [0.3, 0.4) is 0 Å². The van der Waals surface area contributed by atoms with E-state index in [2.05, 4.69) is 15.6 Å². The number of carbonyl (C=O) groups excluding carboxylic acids is 1. The predicted octanol–water partition coefficient (Wildman–Crippen LogP) is 3.60. The van der Waals surface area contributed by atoms with Crippen LogP contribution in [0.1, 0.15) is 16.2 Å². The van der Waals surface area contributed by atoms with Crippen molar-refractivity contribution in [2.75, 3.05) is 5.32 Å². The van der Waals surface area contributed by atoms with Crippen molar-refractivity contribution in [1.82, 2.24) is 14.8 Å². The Morgan fingerprint density at radius 1 is 1.24 bits per heavy atom. The van der Waals surface area contributed by atoms with Crippen LogP contribution in [0.4, 0.5) is 5.69 Å². The smallest absolute Gasteiger partial charge is 0.274 e. The molecule has 0 saturated carbocycles. The van der Waals surface area contributed by atoms with Gasteiger partial charge in [-0.1, -0.05) is 34.5 Å². The van der Waals surface area contributed by atoms with Gasteiger partial charge in [0.1, 0.15) is 5.69 Å². The number of nitrogens with one attached hydrogen (secondary N) is 1. The summed E-state index contributed by atoms with van der Waals surface area (Å²) in [7, 11) is 0. The summed E-state index contributed by atoms with van der Waals surface area (Å²) in [6.07, 6.45) is 0. The van der Waals surface area contributed by atoms with Crippen LogP contribution in [0.5, 0.6) is 0 Å². The average Bonchev–Trinajstić information content (AvgIpc) is 2.84. The van der Waals surface area contributed by atoms with E-state index in [1.807, 2.05) is 13.0 Å². The molecular formula is C14H10Cl2N4O. The molecule has 0 aliphatic carbocycles. The minimum atomic E-state index is -0.324. The molecule has 0 fully saturated rings. The van der Waals surface area contributed by atoms with Gasteiger partial charge in [0.2, 0.25) is 0 Å². The highest BCUT2D eigenvalue weighted by Crippen LogP contribution is 2.25. The van der Waals surface area contributed by atoms with E-state index in [4.69, 9.17) is 23.2 Å². The molecule has 1 amide bonds. The minimum Gasteiger partial charge on any atom is -0.319 e. The second-order valence-corrected chi connectivity index (χ2v) is 5.30. The number of nitrogens with zero attached hydrogens (tertiary/aromatic N) is 3. The number of benzene rings is 1. The highest BCUT2D eigenvalue weighted by molar-refractivity contribution is 6.36. The number of amides is 1. The van der Waals surface area contributed by atoms with Gasteiger partial charge in [-0.15, -0.1) is 5.10 Å². The largest absolute Gasteiger partial charge is 0.319 e. The first-order valence-electron chi connectivity index (χ1n) is 6.13. The van der Waals surface area contributed by atoms with Crippen LogP contribution in [0, 0.1) is 6.92 Å². The number of hydrogen-bond acceptors (Lipinski definition) is 3. The molecule has 0 atom stereocenters. The van der Waals surface area contributed by atoms with Crippen LogP contribution in [0.2, 0.25) is 10.0 Å². The fourth-order valence-corrected chi connectivity index (χ4v) is 2.44. The molecule has 1 N–H and O–H groups in total. The van der Waals surface area contributed by atoms with Crippen molar-refractivity contribution in [3.05, 3.63) is 57.8 Å². The van der Waals surface area contributed by atoms with E-state index in [1.165, 1.54) is 4.52 Å². The lowest BCUT2D eigenvalue weighted by Gasteiger charge is -2.08. The minimum absolute atomic E-state index is 0.324. The number of aryl methyl sites for hydroxylation is 1. The van der Waals surface area contributed by atoms with E-state index >= 15 is 0 Å². The molecule has 3 aromatic rings. The van der Waals surface area contributed by atoms with Crippen LogP contribution in [0.25, 0.3) is 5.52 Å². The number of pyridine rings is 1. The van der Waals surface area contributed by atoms with E-state index < -0.39 is 0 Å². The van der Waals surface area contributed by atoms with Crippen LogP contribution >= 0.6 is 23.2 Å². The summed E-state index contributed by atoms with van der Waals surface area (Å²) >= 11 is 11.9. The third kappa shape index (κ3) is 2.57. The predicted molar refractivity (Wildman–Crippen MR) is 82.1 cm³/mol. The van der Waals surface area contributed by atoms with Gasteiger partial charge in [0.05, 0.1) is 21.9 Å². The SMILES string of the molecule is Cc1nnn2c(C(=O)Nc3ccc(Cl)cc3Cl)cccc12. The van der Waals surface area contributed by atoms with Gasteiger partial charge < -0.3 is 5.32 Å². The quantitative estimate of drug-likeness (QED) is 0.784. The van der Waals surface area contributed by atoms with Gasteiger partial charge >= 0.3 is 0 Å². The van der Waals surface area contributed by atoms with Crippen LogP contribution in [-0.2, 0) is 0 Å². The summed E-state index contributed by atoms with van der Waals surface area (Å²) in [4.78, 5) is 12.4. The number of halogens is 2. The second-order valence-electron chi connectivity index (χ2n) is 4.46. The van der Waals surface area contributed by atoms with E-state index in [9.17, 15) is 4.79 Å². The molecule has 1 aromatic carbocycles. The molecule has 7 heteroatoms. The van der Waals surface area contributed by atoms with E-state index in [-0.39, 0.29) is 5.91 Å². The number of carbonyl (C=O) groups is 1. The van der Waals surface area contributed by atoms with E-state index in [1.54, 1.807) is 30.3 Å². The Morgan fingerprint density at radius 3 is 2.81 bits per heavy atom. The topological polar surface area (TPSA) is 59.3 Å². The van der Waals surface area contributed by atoms with Gasteiger partial charge in [-0.25, -0.2) is 4.52 Å². The second kappa shape index (κ2) is 5.35. The summed E-state index contributed by atoms with van der Waals surface area (Å²) in [6, 6.07) is 10.2. The molecule has 0 bridgehead atoms. The number of fused-ring (bicyclic) bond motifs is 1. The normalized spacial score (nSPS) is 10.8. The Kier molecular flexibility index (Phi) is 3.53. The Hall–Kier alpha value is -2.11. The van der Waals surface area contributed by atoms with Crippen molar-refractivity contribution < 1.29 is 4.79 Å². The summed E-state index contributed by atoms with van der Waals surface area (Å²) in [5.74, 6) is -0.324. The molecular weight excluding hydrogens is 311 g/mol. The lowest BCUT2D eigenvalue weighted by atomic mass is 10.2. The Balaban J connectivity index is 1.97. The zero-order chi connectivity index (χ0) is 15.0. The third-order valence-electron chi connectivity index (χ3n) is 3.03. The van der Waals surface area contributed by atoms with E-state index in [0.29, 0.717) is 21.4 Å². The molecule has 0 aliphatic rings. The molecule has 2 heterocycles. The summed E-state index contributed by atoms with van der Waals surface area (Å²) in [5, 5.41) is 11.6. The first-order valence-corrected chi connectivity index (χ1v) is 6.89. The summed E-state index contributed by atoms with van der Waals surface area (Å²) < 4.78 is 1.49. The van der Waals surface area contributed by atoms with Crippen molar-refractivity contribution in [2.24, 2.45) is 0 Å². The maximum Gasteiger partial charge on any atom is 0.274 e. The number of anilines is 1. The van der Waals surface area contributed by atoms with Gasteiger partial charge in [-0.3, -0.25) is 4.79 Å². The molecule has 21 heavy (non-hydrogen) atoms. The summed E-state index contributed by atoms with van der Waals surface area (Å²) in [5.41, 5.74) is 2.40. The number of hydrogen-bond donors (Lipinski definition) is 1. The average molecular weight is 321 g/mol. The molecule has 5 nitrogen and oxygen atoms in total. The van der Waals surface area contributed by atoms with Gasteiger partial charge in [-0.05, 0) is 37.3 Å².